The molecule has 0 saturated heterocycles. The molecule has 106 valence electrons. The van der Waals surface area contributed by atoms with Crippen LogP contribution in [-0.4, -0.2) is 20.2 Å². The molecule has 1 aromatic rings. The molecule has 1 aliphatic rings. The number of nitrogens with one attached hydrogen (secondary N) is 1. The van der Waals surface area contributed by atoms with Crippen molar-refractivity contribution in [2.45, 2.75) is 32.2 Å². The Kier molecular flexibility index (Phi) is 4.42. The third-order valence-corrected chi connectivity index (χ3v) is 4.15. The quantitative estimate of drug-likeness (QED) is 0.832. The van der Waals surface area contributed by atoms with Gasteiger partial charge in [-0.05, 0) is 44.5 Å². The van der Waals surface area contributed by atoms with Crippen LogP contribution in [0.25, 0.3) is 0 Å². The molecule has 0 heterocycles. The maximum absolute atomic E-state index is 13.9. The van der Waals surface area contributed by atoms with E-state index in [1.165, 1.54) is 12.5 Å². The molecule has 1 aliphatic carbocycles. The van der Waals surface area contributed by atoms with Crippen molar-refractivity contribution < 1.29 is 9.13 Å². The molecule has 1 atom stereocenters. The van der Waals surface area contributed by atoms with E-state index in [0.717, 1.165) is 24.9 Å². The summed E-state index contributed by atoms with van der Waals surface area (Å²) in [6.07, 6.45) is 3.41. The van der Waals surface area contributed by atoms with E-state index in [0.29, 0.717) is 12.4 Å². The molecular weight excluding hydrogens is 243 g/mol. The summed E-state index contributed by atoms with van der Waals surface area (Å²) in [5.41, 5.74) is 7.30. The molecule has 0 radical (unpaired) electrons. The summed E-state index contributed by atoms with van der Waals surface area (Å²) < 4.78 is 19.1. The van der Waals surface area contributed by atoms with Crippen molar-refractivity contribution in [2.24, 2.45) is 11.1 Å². The molecule has 3 N–H and O–H groups in total. The Balaban J connectivity index is 2.19. The van der Waals surface area contributed by atoms with E-state index < -0.39 is 0 Å². The number of hydrogen-bond donors (Lipinski definition) is 2. The van der Waals surface area contributed by atoms with Crippen LogP contribution in [0.2, 0.25) is 0 Å². The molecule has 0 bridgehead atoms. The Bertz CT molecular complexity index is 432. The van der Waals surface area contributed by atoms with Gasteiger partial charge >= 0.3 is 0 Å². The molecule has 1 saturated carbocycles. The Morgan fingerprint density at radius 3 is 2.68 bits per heavy atom. The Morgan fingerprint density at radius 1 is 1.47 bits per heavy atom. The van der Waals surface area contributed by atoms with Crippen LogP contribution in [0, 0.1) is 11.2 Å². The van der Waals surface area contributed by atoms with Crippen LogP contribution in [0.1, 0.15) is 37.8 Å². The van der Waals surface area contributed by atoms with Gasteiger partial charge in [0.2, 0.25) is 0 Å². The lowest BCUT2D eigenvalue weighted by molar-refractivity contribution is 0.0945. The molecule has 1 fully saturated rings. The topological polar surface area (TPSA) is 47.3 Å². The standard InChI is InChI=1S/C15H23FN2O/c1-3-19-13-6-5-11(9-12(13)16)14(17)15(10-18-2)7-4-8-15/h5-6,9,14,18H,3-4,7-8,10,17H2,1-2H3. The van der Waals surface area contributed by atoms with E-state index in [9.17, 15) is 4.39 Å². The monoisotopic (exact) mass is 266 g/mol. The van der Waals surface area contributed by atoms with Gasteiger partial charge in [-0.3, -0.25) is 0 Å². The van der Waals surface area contributed by atoms with Crippen LogP contribution in [-0.2, 0) is 0 Å². The summed E-state index contributed by atoms with van der Waals surface area (Å²) in [5.74, 6) is -0.0246. The Hall–Kier alpha value is -1.13. The van der Waals surface area contributed by atoms with E-state index in [-0.39, 0.29) is 17.3 Å². The predicted molar refractivity (Wildman–Crippen MR) is 74.7 cm³/mol. The number of rotatable bonds is 6. The van der Waals surface area contributed by atoms with Crippen LogP contribution < -0.4 is 15.8 Å². The van der Waals surface area contributed by atoms with Crippen LogP contribution in [0.4, 0.5) is 4.39 Å². The van der Waals surface area contributed by atoms with Crippen molar-refractivity contribution in [2.75, 3.05) is 20.2 Å². The van der Waals surface area contributed by atoms with Gasteiger partial charge in [-0.2, -0.15) is 0 Å². The van der Waals surface area contributed by atoms with Crippen LogP contribution in [0.15, 0.2) is 18.2 Å². The van der Waals surface area contributed by atoms with Crippen molar-refractivity contribution in [3.05, 3.63) is 29.6 Å². The van der Waals surface area contributed by atoms with Gasteiger partial charge in [0.1, 0.15) is 0 Å². The molecule has 2 rings (SSSR count). The molecular formula is C15H23FN2O. The van der Waals surface area contributed by atoms with Crippen molar-refractivity contribution in [1.29, 1.82) is 0 Å². The minimum Gasteiger partial charge on any atom is -0.491 e. The number of nitrogens with two attached hydrogens (primary N) is 1. The van der Waals surface area contributed by atoms with Gasteiger partial charge in [0.15, 0.2) is 11.6 Å². The maximum atomic E-state index is 13.9. The fourth-order valence-corrected chi connectivity index (χ4v) is 2.92. The van der Waals surface area contributed by atoms with Crippen LogP contribution in [0.5, 0.6) is 5.75 Å². The Morgan fingerprint density at radius 2 is 2.21 bits per heavy atom. The fourth-order valence-electron chi connectivity index (χ4n) is 2.92. The highest BCUT2D eigenvalue weighted by Gasteiger charge is 2.42. The van der Waals surface area contributed by atoms with Crippen LogP contribution >= 0.6 is 0 Å². The molecule has 4 heteroatoms. The number of ether oxygens (including phenoxy) is 1. The third-order valence-electron chi connectivity index (χ3n) is 4.15. The maximum Gasteiger partial charge on any atom is 0.165 e. The summed E-state index contributed by atoms with van der Waals surface area (Å²) in [4.78, 5) is 0. The molecule has 0 aliphatic heterocycles. The summed E-state index contributed by atoms with van der Waals surface area (Å²) in [5, 5.41) is 3.21. The van der Waals surface area contributed by atoms with Gasteiger partial charge in [0.05, 0.1) is 6.61 Å². The number of hydrogen-bond acceptors (Lipinski definition) is 3. The molecule has 0 spiro atoms. The summed E-state index contributed by atoms with van der Waals surface area (Å²) in [6, 6.07) is 4.96. The van der Waals surface area contributed by atoms with E-state index in [1.807, 2.05) is 20.0 Å². The molecule has 1 unspecified atom stereocenters. The van der Waals surface area contributed by atoms with E-state index >= 15 is 0 Å². The van der Waals surface area contributed by atoms with Crippen LogP contribution in [0.3, 0.4) is 0 Å². The highest BCUT2D eigenvalue weighted by molar-refractivity contribution is 5.32. The van der Waals surface area contributed by atoms with E-state index in [2.05, 4.69) is 5.32 Å². The second kappa shape index (κ2) is 5.88. The largest absolute Gasteiger partial charge is 0.491 e. The van der Waals surface area contributed by atoms with Gasteiger partial charge in [0.25, 0.3) is 0 Å². The molecule has 1 aromatic carbocycles. The first-order chi connectivity index (χ1) is 9.13. The number of benzene rings is 1. The summed E-state index contributed by atoms with van der Waals surface area (Å²) in [7, 11) is 1.94. The number of halogens is 1. The first-order valence-electron chi connectivity index (χ1n) is 6.95. The summed E-state index contributed by atoms with van der Waals surface area (Å²) >= 11 is 0. The van der Waals surface area contributed by atoms with Crippen molar-refractivity contribution >= 4 is 0 Å². The van der Waals surface area contributed by atoms with Gasteiger partial charge < -0.3 is 15.8 Å². The lowest BCUT2D eigenvalue weighted by Gasteiger charge is -2.46. The van der Waals surface area contributed by atoms with Gasteiger partial charge in [-0.25, -0.2) is 4.39 Å². The lowest BCUT2D eigenvalue weighted by Crippen LogP contribution is -2.46. The fraction of sp³-hybridized carbons (Fsp3) is 0.600. The highest BCUT2D eigenvalue weighted by atomic mass is 19.1. The van der Waals surface area contributed by atoms with E-state index in [1.54, 1.807) is 6.07 Å². The first kappa shape index (κ1) is 14.3. The van der Waals surface area contributed by atoms with Crippen molar-refractivity contribution in [3.8, 4) is 5.75 Å². The second-order valence-electron chi connectivity index (χ2n) is 5.35. The molecule has 0 aromatic heterocycles. The molecule has 3 nitrogen and oxygen atoms in total. The summed E-state index contributed by atoms with van der Waals surface area (Å²) in [6.45, 7) is 3.18. The average molecular weight is 266 g/mol. The minimum atomic E-state index is -0.325. The zero-order chi connectivity index (χ0) is 13.9. The molecule has 0 amide bonds. The predicted octanol–water partition coefficient (Wildman–Crippen LogP) is 2.61. The lowest BCUT2D eigenvalue weighted by atomic mass is 9.62. The normalized spacial score (nSPS) is 18.7. The van der Waals surface area contributed by atoms with Crippen molar-refractivity contribution in [3.63, 3.8) is 0 Å². The third kappa shape index (κ3) is 2.74. The smallest absolute Gasteiger partial charge is 0.165 e. The SMILES string of the molecule is CCOc1ccc(C(N)C2(CNC)CCC2)cc1F. The zero-order valence-electron chi connectivity index (χ0n) is 11.7. The van der Waals surface area contributed by atoms with Gasteiger partial charge in [-0.1, -0.05) is 12.5 Å². The van der Waals surface area contributed by atoms with Crippen molar-refractivity contribution in [1.82, 2.24) is 5.32 Å². The second-order valence-corrected chi connectivity index (χ2v) is 5.35. The highest BCUT2D eigenvalue weighted by Crippen LogP contribution is 2.48. The van der Waals surface area contributed by atoms with Gasteiger partial charge in [-0.15, -0.1) is 0 Å². The van der Waals surface area contributed by atoms with Gasteiger partial charge in [0, 0.05) is 18.0 Å². The minimum absolute atomic E-state index is 0.0777. The molecule has 19 heavy (non-hydrogen) atoms. The average Bonchev–Trinajstić information content (AvgIpc) is 2.35. The van der Waals surface area contributed by atoms with E-state index in [4.69, 9.17) is 10.5 Å². The first-order valence-corrected chi connectivity index (χ1v) is 6.95. The Labute approximate surface area is 114 Å². The zero-order valence-corrected chi connectivity index (χ0v) is 11.7.